The van der Waals surface area contributed by atoms with Gasteiger partial charge in [-0.25, -0.2) is 0 Å². The van der Waals surface area contributed by atoms with Crippen LogP contribution < -0.4 is 11.3 Å². The van der Waals surface area contributed by atoms with E-state index >= 15 is 0 Å². The van der Waals surface area contributed by atoms with Gasteiger partial charge in [-0.1, -0.05) is 19.3 Å². The van der Waals surface area contributed by atoms with E-state index in [9.17, 15) is 0 Å². The second-order valence-corrected chi connectivity index (χ2v) is 5.11. The summed E-state index contributed by atoms with van der Waals surface area (Å²) >= 11 is 0. The SMILES string of the molecule is COC1(C(Cc2ccncc2)NN)CCCCC1. The van der Waals surface area contributed by atoms with Gasteiger partial charge in [-0.3, -0.25) is 16.3 Å². The highest BCUT2D eigenvalue weighted by Gasteiger charge is 2.39. The van der Waals surface area contributed by atoms with Crippen LogP contribution in [0.15, 0.2) is 24.5 Å². The molecule has 0 bridgehead atoms. The van der Waals surface area contributed by atoms with Crippen molar-refractivity contribution in [2.75, 3.05) is 7.11 Å². The van der Waals surface area contributed by atoms with E-state index in [1.807, 2.05) is 31.6 Å². The van der Waals surface area contributed by atoms with Crippen LogP contribution in [0.25, 0.3) is 0 Å². The van der Waals surface area contributed by atoms with Gasteiger partial charge < -0.3 is 4.74 Å². The lowest BCUT2D eigenvalue weighted by molar-refractivity contribution is -0.0673. The van der Waals surface area contributed by atoms with E-state index in [1.54, 1.807) is 0 Å². The standard InChI is InChI=1S/C14H23N3O/c1-18-14(7-3-2-4-8-14)13(17-15)11-12-5-9-16-10-6-12/h5-6,9-10,13,17H,2-4,7-8,11,15H2,1H3. The van der Waals surface area contributed by atoms with E-state index in [4.69, 9.17) is 10.6 Å². The molecule has 0 aliphatic heterocycles. The third-order valence-corrected chi connectivity index (χ3v) is 4.13. The molecule has 0 spiro atoms. The van der Waals surface area contributed by atoms with Gasteiger partial charge in [0, 0.05) is 19.5 Å². The third kappa shape index (κ3) is 2.88. The summed E-state index contributed by atoms with van der Waals surface area (Å²) in [7, 11) is 1.81. The van der Waals surface area contributed by atoms with Gasteiger partial charge in [-0.05, 0) is 37.0 Å². The number of pyridine rings is 1. The van der Waals surface area contributed by atoms with Crippen LogP contribution in [-0.4, -0.2) is 23.7 Å². The second-order valence-electron chi connectivity index (χ2n) is 5.11. The van der Waals surface area contributed by atoms with E-state index in [-0.39, 0.29) is 11.6 Å². The van der Waals surface area contributed by atoms with Crippen LogP contribution in [0.4, 0.5) is 0 Å². The molecule has 0 saturated heterocycles. The maximum absolute atomic E-state index is 5.85. The first kappa shape index (κ1) is 13.5. The molecule has 1 aliphatic carbocycles. The number of hydrazine groups is 1. The zero-order valence-corrected chi connectivity index (χ0v) is 11.1. The highest BCUT2D eigenvalue weighted by molar-refractivity contribution is 5.13. The molecule has 0 amide bonds. The second kappa shape index (κ2) is 6.27. The Bertz CT molecular complexity index is 349. The number of hydrogen-bond acceptors (Lipinski definition) is 4. The van der Waals surface area contributed by atoms with E-state index in [2.05, 4.69) is 10.4 Å². The van der Waals surface area contributed by atoms with Crippen molar-refractivity contribution in [2.24, 2.45) is 5.84 Å². The summed E-state index contributed by atoms with van der Waals surface area (Å²) in [6, 6.07) is 4.23. The third-order valence-electron chi connectivity index (χ3n) is 4.13. The number of nitrogens with zero attached hydrogens (tertiary/aromatic N) is 1. The molecule has 100 valence electrons. The molecule has 0 radical (unpaired) electrons. The lowest BCUT2D eigenvalue weighted by atomic mass is 9.77. The summed E-state index contributed by atoms with van der Waals surface area (Å²) in [5, 5.41) is 0. The maximum Gasteiger partial charge on any atom is 0.0847 e. The van der Waals surface area contributed by atoms with Crippen molar-refractivity contribution in [1.29, 1.82) is 0 Å². The number of nitrogens with one attached hydrogen (secondary N) is 1. The van der Waals surface area contributed by atoms with Crippen molar-refractivity contribution >= 4 is 0 Å². The molecule has 0 aromatic carbocycles. The summed E-state index contributed by atoms with van der Waals surface area (Å²) in [4.78, 5) is 4.05. The van der Waals surface area contributed by atoms with E-state index in [0.717, 1.165) is 19.3 Å². The Kier molecular flexibility index (Phi) is 4.69. The molecule has 2 rings (SSSR count). The quantitative estimate of drug-likeness (QED) is 0.617. The summed E-state index contributed by atoms with van der Waals surface area (Å²) in [5.74, 6) is 5.77. The average molecular weight is 249 g/mol. The number of ether oxygens (including phenoxy) is 1. The first-order valence-electron chi connectivity index (χ1n) is 6.71. The van der Waals surface area contributed by atoms with Gasteiger partial charge in [0.25, 0.3) is 0 Å². The molecule has 1 fully saturated rings. The Balaban J connectivity index is 2.11. The highest BCUT2D eigenvalue weighted by Crippen LogP contribution is 2.35. The van der Waals surface area contributed by atoms with Crippen LogP contribution >= 0.6 is 0 Å². The average Bonchev–Trinajstić information content (AvgIpc) is 2.46. The molecular weight excluding hydrogens is 226 g/mol. The fourth-order valence-electron chi connectivity index (χ4n) is 3.00. The van der Waals surface area contributed by atoms with Crippen LogP contribution in [0.3, 0.4) is 0 Å². The van der Waals surface area contributed by atoms with Gasteiger partial charge in [0.1, 0.15) is 0 Å². The van der Waals surface area contributed by atoms with Gasteiger partial charge in [-0.15, -0.1) is 0 Å². The Morgan fingerprint density at radius 1 is 1.33 bits per heavy atom. The van der Waals surface area contributed by atoms with Crippen molar-refractivity contribution in [3.8, 4) is 0 Å². The summed E-state index contributed by atoms with van der Waals surface area (Å²) in [5.41, 5.74) is 4.10. The normalized spacial score (nSPS) is 20.6. The molecule has 1 atom stereocenters. The largest absolute Gasteiger partial charge is 0.377 e. The van der Waals surface area contributed by atoms with Crippen LogP contribution in [0.1, 0.15) is 37.7 Å². The summed E-state index contributed by atoms with van der Waals surface area (Å²) in [6.45, 7) is 0. The van der Waals surface area contributed by atoms with Gasteiger partial charge in [0.2, 0.25) is 0 Å². The smallest absolute Gasteiger partial charge is 0.0847 e. The highest BCUT2D eigenvalue weighted by atomic mass is 16.5. The molecule has 1 aromatic rings. The molecule has 1 unspecified atom stereocenters. The Morgan fingerprint density at radius 2 is 2.00 bits per heavy atom. The molecule has 1 heterocycles. The number of rotatable bonds is 5. The van der Waals surface area contributed by atoms with Gasteiger partial charge >= 0.3 is 0 Å². The van der Waals surface area contributed by atoms with Crippen molar-refractivity contribution in [2.45, 2.75) is 50.2 Å². The minimum atomic E-state index is -0.115. The topological polar surface area (TPSA) is 60.2 Å². The van der Waals surface area contributed by atoms with Crippen LogP contribution in [0.5, 0.6) is 0 Å². The minimum absolute atomic E-state index is 0.115. The molecule has 4 nitrogen and oxygen atoms in total. The first-order chi connectivity index (χ1) is 8.80. The molecule has 3 N–H and O–H groups in total. The van der Waals surface area contributed by atoms with Crippen molar-refractivity contribution < 1.29 is 4.74 Å². The van der Waals surface area contributed by atoms with Crippen LogP contribution in [-0.2, 0) is 11.2 Å². The lowest BCUT2D eigenvalue weighted by Crippen LogP contribution is -2.56. The molecular formula is C14H23N3O. The fourth-order valence-corrected chi connectivity index (χ4v) is 3.00. The number of methoxy groups -OCH3 is 1. The van der Waals surface area contributed by atoms with Crippen LogP contribution in [0.2, 0.25) is 0 Å². The summed E-state index contributed by atoms with van der Waals surface area (Å²) < 4.78 is 5.85. The predicted octanol–water partition coefficient (Wildman–Crippen LogP) is 1.81. The summed E-state index contributed by atoms with van der Waals surface area (Å²) in [6.07, 6.45) is 10.5. The van der Waals surface area contributed by atoms with E-state index in [0.29, 0.717) is 0 Å². The maximum atomic E-state index is 5.85. The first-order valence-corrected chi connectivity index (χ1v) is 6.71. The van der Waals surface area contributed by atoms with Crippen molar-refractivity contribution in [3.05, 3.63) is 30.1 Å². The van der Waals surface area contributed by atoms with Crippen molar-refractivity contribution in [3.63, 3.8) is 0 Å². The number of nitrogens with two attached hydrogens (primary N) is 1. The fraction of sp³-hybridized carbons (Fsp3) is 0.643. The predicted molar refractivity (Wildman–Crippen MR) is 71.9 cm³/mol. The number of aromatic nitrogens is 1. The minimum Gasteiger partial charge on any atom is -0.377 e. The zero-order valence-electron chi connectivity index (χ0n) is 11.1. The molecule has 1 aliphatic rings. The van der Waals surface area contributed by atoms with Gasteiger partial charge in [0.15, 0.2) is 0 Å². The van der Waals surface area contributed by atoms with E-state index < -0.39 is 0 Å². The monoisotopic (exact) mass is 249 g/mol. The Hall–Kier alpha value is -0.970. The molecule has 1 saturated carbocycles. The Morgan fingerprint density at radius 3 is 2.56 bits per heavy atom. The Labute approximate surface area is 109 Å². The number of hydrogen-bond donors (Lipinski definition) is 2. The molecule has 1 aromatic heterocycles. The van der Waals surface area contributed by atoms with Crippen LogP contribution in [0, 0.1) is 0 Å². The van der Waals surface area contributed by atoms with Gasteiger partial charge in [-0.2, -0.15) is 0 Å². The molecule has 18 heavy (non-hydrogen) atoms. The van der Waals surface area contributed by atoms with Gasteiger partial charge in [0.05, 0.1) is 11.6 Å². The van der Waals surface area contributed by atoms with E-state index in [1.165, 1.54) is 24.8 Å². The molecule has 4 heteroatoms. The zero-order chi connectivity index (χ0) is 12.8. The lowest BCUT2D eigenvalue weighted by Gasteiger charge is -2.42. The van der Waals surface area contributed by atoms with Crippen molar-refractivity contribution in [1.82, 2.24) is 10.4 Å².